The Kier molecular flexibility index (Phi) is 15.8. The number of ketones is 1. The predicted molar refractivity (Wildman–Crippen MR) is 180 cm³/mol. The van der Waals surface area contributed by atoms with Gasteiger partial charge in [-0.15, -0.1) is 0 Å². The van der Waals surface area contributed by atoms with Crippen molar-refractivity contribution in [2.75, 3.05) is 12.4 Å². The molecule has 2 aromatic carbocycles. The topological polar surface area (TPSA) is 38.3 Å². The molecule has 236 valence electrons. The van der Waals surface area contributed by atoms with E-state index in [1.165, 1.54) is 13.0 Å². The summed E-state index contributed by atoms with van der Waals surface area (Å²) in [6.45, 7) is 18.5. The van der Waals surface area contributed by atoms with Crippen LogP contribution in [0.5, 0.6) is 5.75 Å². The van der Waals surface area contributed by atoms with E-state index in [0.717, 1.165) is 70.4 Å². The Morgan fingerprint density at radius 3 is 2.28 bits per heavy atom. The minimum absolute atomic E-state index is 0.0505. The molecule has 0 heterocycles. The van der Waals surface area contributed by atoms with Crippen LogP contribution in [0.15, 0.2) is 83.4 Å². The lowest BCUT2D eigenvalue weighted by Gasteiger charge is -2.32. The van der Waals surface area contributed by atoms with Crippen molar-refractivity contribution in [1.29, 1.82) is 0 Å². The highest BCUT2D eigenvalue weighted by atomic mass is 79.9. The second-order valence-electron chi connectivity index (χ2n) is 10.6. The van der Waals surface area contributed by atoms with Gasteiger partial charge < -0.3 is 10.1 Å². The molecule has 43 heavy (non-hydrogen) atoms. The molecule has 0 aromatic heterocycles. The first-order chi connectivity index (χ1) is 20.2. The van der Waals surface area contributed by atoms with Crippen LogP contribution < -0.4 is 10.1 Å². The van der Waals surface area contributed by atoms with E-state index in [4.69, 9.17) is 4.74 Å². The van der Waals surface area contributed by atoms with Crippen molar-refractivity contribution < 1.29 is 22.7 Å². The number of nitrogens with one attached hydrogen (secondary N) is 1. The van der Waals surface area contributed by atoms with Crippen molar-refractivity contribution in [2.45, 2.75) is 91.3 Å². The number of hydrogen-bond donors (Lipinski definition) is 1. The largest absolute Gasteiger partial charge is 0.490 e. The van der Waals surface area contributed by atoms with Gasteiger partial charge in [0, 0.05) is 22.8 Å². The van der Waals surface area contributed by atoms with E-state index in [0.29, 0.717) is 12.0 Å². The van der Waals surface area contributed by atoms with Crippen LogP contribution in [0, 0.1) is 6.92 Å². The fourth-order valence-electron chi connectivity index (χ4n) is 4.88. The predicted octanol–water partition coefficient (Wildman–Crippen LogP) is 11.3. The zero-order valence-electron chi connectivity index (χ0n) is 26.6. The van der Waals surface area contributed by atoms with Crippen molar-refractivity contribution in [2.24, 2.45) is 0 Å². The smallest absolute Gasteiger partial charge is 0.416 e. The molecule has 0 fully saturated rings. The van der Waals surface area contributed by atoms with Gasteiger partial charge in [0.05, 0.1) is 17.1 Å². The molecule has 0 aliphatic rings. The highest BCUT2D eigenvalue weighted by molar-refractivity contribution is 9.10. The van der Waals surface area contributed by atoms with Crippen LogP contribution in [0.4, 0.5) is 18.9 Å². The number of anilines is 1. The van der Waals surface area contributed by atoms with Crippen LogP contribution in [0.2, 0.25) is 0 Å². The van der Waals surface area contributed by atoms with Gasteiger partial charge in [-0.3, -0.25) is 4.79 Å². The number of allylic oxidation sites excluding steroid dienone is 5. The van der Waals surface area contributed by atoms with E-state index >= 15 is 0 Å². The van der Waals surface area contributed by atoms with Crippen LogP contribution in [0.1, 0.15) is 83.4 Å². The van der Waals surface area contributed by atoms with Crippen molar-refractivity contribution >= 4 is 33.5 Å². The van der Waals surface area contributed by atoms with Gasteiger partial charge in [0.15, 0.2) is 0 Å². The standard InChI is InChI=1S/C26H34BrNO2.C10H13F3/c1-7-10-21(30-22-13-14-24(28-6)20(8-2)17-22)15-16-26(5,19(4)29)25-18(3)11-9-12-23(25)27;1-4-8(5-2)7-9(6-3)10(11,12)13/h8-9,11-14,17,21,28H,2,7,10,15-16H2,1,3-6H3;4,6-7H,1,5H2,2-3H3/b;8-7+,9-6+/t21?,26-;/m1./s1. The average molecular weight is 663 g/mol. The molecule has 0 amide bonds. The van der Waals surface area contributed by atoms with Gasteiger partial charge in [0.25, 0.3) is 0 Å². The number of ether oxygens (including phenoxy) is 1. The Balaban J connectivity index is 0.000000599. The molecule has 7 heteroatoms. The summed E-state index contributed by atoms with van der Waals surface area (Å²) in [5.41, 5.74) is 3.67. The summed E-state index contributed by atoms with van der Waals surface area (Å²) < 4.78 is 44.0. The molecule has 0 saturated carbocycles. The lowest BCUT2D eigenvalue weighted by molar-refractivity contribution is -0.122. The molecule has 1 N–H and O–H groups in total. The third-order valence-electron chi connectivity index (χ3n) is 7.59. The first-order valence-electron chi connectivity index (χ1n) is 14.7. The molecular formula is C36H47BrF3NO2. The SMILES string of the molecule is C=C/C(=C\C(=C/C)C(F)(F)F)CC.C=Cc1cc(OC(CCC)CC[C@](C)(C(C)=O)c2c(C)cccc2Br)ccc1NC. The minimum Gasteiger partial charge on any atom is -0.490 e. The highest BCUT2D eigenvalue weighted by Gasteiger charge is 2.35. The minimum atomic E-state index is -4.27. The van der Waals surface area contributed by atoms with E-state index in [-0.39, 0.29) is 11.9 Å². The molecule has 0 spiro atoms. The monoisotopic (exact) mass is 661 g/mol. The van der Waals surface area contributed by atoms with Crippen LogP contribution in [0.25, 0.3) is 6.08 Å². The molecule has 0 radical (unpaired) electrons. The molecule has 0 bridgehead atoms. The van der Waals surface area contributed by atoms with Gasteiger partial charge in [0.1, 0.15) is 11.5 Å². The summed E-state index contributed by atoms with van der Waals surface area (Å²) in [7, 11) is 1.90. The third kappa shape index (κ3) is 11.2. The van der Waals surface area contributed by atoms with E-state index in [9.17, 15) is 18.0 Å². The van der Waals surface area contributed by atoms with Gasteiger partial charge in [-0.1, -0.05) is 79.7 Å². The van der Waals surface area contributed by atoms with Gasteiger partial charge in [0.2, 0.25) is 0 Å². The molecule has 2 aromatic rings. The van der Waals surface area contributed by atoms with Crippen LogP contribution in [-0.4, -0.2) is 25.1 Å². The summed E-state index contributed by atoms with van der Waals surface area (Å²) in [5.74, 6) is 1.02. The fourth-order valence-corrected chi connectivity index (χ4v) is 5.78. The van der Waals surface area contributed by atoms with Gasteiger partial charge in [-0.25, -0.2) is 0 Å². The number of rotatable bonds is 14. The molecule has 3 nitrogen and oxygen atoms in total. The number of benzene rings is 2. The normalized spacial score (nSPS) is 14.1. The van der Waals surface area contributed by atoms with E-state index in [1.807, 2.05) is 43.5 Å². The average Bonchev–Trinajstić information content (AvgIpc) is 2.96. The summed E-state index contributed by atoms with van der Waals surface area (Å²) in [6, 6.07) is 12.1. The number of Topliss-reactive ketones (excluding diaryl/α,β-unsaturated/α-hetero) is 1. The first-order valence-corrected chi connectivity index (χ1v) is 15.4. The third-order valence-corrected chi connectivity index (χ3v) is 8.25. The van der Waals surface area contributed by atoms with E-state index < -0.39 is 17.2 Å². The van der Waals surface area contributed by atoms with Gasteiger partial charge in [-0.2, -0.15) is 13.2 Å². The molecule has 1 unspecified atom stereocenters. The van der Waals surface area contributed by atoms with Crippen molar-refractivity contribution in [1.82, 2.24) is 0 Å². The number of halogens is 4. The summed E-state index contributed by atoms with van der Waals surface area (Å²) in [5, 5.41) is 3.17. The lowest BCUT2D eigenvalue weighted by atomic mass is 9.73. The first kappa shape index (κ1) is 38.0. The van der Waals surface area contributed by atoms with Crippen molar-refractivity contribution in [3.63, 3.8) is 0 Å². The maximum atomic E-state index is 12.8. The van der Waals surface area contributed by atoms with E-state index in [1.54, 1.807) is 13.8 Å². The van der Waals surface area contributed by atoms with Crippen molar-refractivity contribution in [3.05, 3.63) is 100 Å². The number of carbonyl (C=O) groups is 1. The molecule has 0 aliphatic heterocycles. The summed E-state index contributed by atoms with van der Waals surface area (Å²) in [4.78, 5) is 12.8. The number of alkyl halides is 3. The second-order valence-corrected chi connectivity index (χ2v) is 11.5. The Morgan fingerprint density at radius 2 is 1.81 bits per heavy atom. The second kappa shape index (κ2) is 17.9. The zero-order chi connectivity index (χ0) is 32.8. The fraction of sp³-hybridized carbons (Fsp3) is 0.417. The Labute approximate surface area is 265 Å². The van der Waals surface area contributed by atoms with E-state index in [2.05, 4.69) is 61.2 Å². The van der Waals surface area contributed by atoms with Crippen LogP contribution in [0.3, 0.4) is 0 Å². The van der Waals surface area contributed by atoms with Gasteiger partial charge >= 0.3 is 6.18 Å². The molecule has 0 saturated heterocycles. The molecule has 2 rings (SSSR count). The number of aryl methyl sites for hydroxylation is 1. The number of carbonyl (C=O) groups excluding carboxylic acids is 1. The molecular weight excluding hydrogens is 615 g/mol. The summed E-state index contributed by atoms with van der Waals surface area (Å²) >= 11 is 3.67. The Bertz CT molecular complexity index is 1280. The summed E-state index contributed by atoms with van der Waals surface area (Å²) in [6.07, 6.45) is 5.29. The van der Waals surface area contributed by atoms with Gasteiger partial charge in [-0.05, 0) is 100 Å². The lowest BCUT2D eigenvalue weighted by Crippen LogP contribution is -2.34. The van der Waals surface area contributed by atoms with Crippen LogP contribution in [-0.2, 0) is 10.2 Å². The quantitative estimate of drug-likeness (QED) is 0.205. The molecule has 0 aliphatic carbocycles. The van der Waals surface area contributed by atoms with Crippen molar-refractivity contribution in [3.8, 4) is 5.75 Å². The maximum Gasteiger partial charge on any atom is 0.416 e. The van der Waals surface area contributed by atoms with Crippen LogP contribution >= 0.6 is 15.9 Å². The Hall–Kier alpha value is -3.06. The maximum absolute atomic E-state index is 12.8. The highest BCUT2D eigenvalue weighted by Crippen LogP contribution is 2.38. The zero-order valence-corrected chi connectivity index (χ0v) is 28.2. The number of hydrogen-bond acceptors (Lipinski definition) is 3. The Morgan fingerprint density at radius 1 is 1.14 bits per heavy atom. The molecule has 2 atom stereocenters.